The molecule has 0 aromatic heterocycles. The van der Waals surface area contributed by atoms with E-state index in [0.29, 0.717) is 26.2 Å². The topological polar surface area (TPSA) is 114 Å². The van der Waals surface area contributed by atoms with Crippen molar-refractivity contribution in [3.05, 3.63) is 43.0 Å². The standard InChI is InChI=1S/C10H16Si.C8H14O4.C7H16O3Si.C4H12OSi.C2H4.CH2O/c1-9-5-7-10(8-6-9)11(2,3)4;1-7(9)3-4-11-5-6-12-8(2)10;1-7(8)10-5-6-11(3,4)9-2;1-5-6(2,3)4;2*1-2/h5-8H,1-4H3;3-6H2,1-2H3;5-6H2,1-4H3;1-4H3;1-2H2;1H2. The van der Waals surface area contributed by atoms with E-state index in [1.807, 2.05) is 6.79 Å². The van der Waals surface area contributed by atoms with Crippen LogP contribution in [0.2, 0.25) is 58.4 Å². The smallest absolute Gasteiger partial charge is 0.302 e. The van der Waals surface area contributed by atoms with Gasteiger partial charge in [-0.15, -0.1) is 13.2 Å². The number of rotatable bonds is 12. The third-order valence-corrected chi connectivity index (χ3v) is 11.0. The molecule has 0 aliphatic heterocycles. The van der Waals surface area contributed by atoms with E-state index in [9.17, 15) is 14.4 Å². The molecule has 0 bridgehead atoms. The highest BCUT2D eigenvalue weighted by Gasteiger charge is 2.20. The summed E-state index contributed by atoms with van der Waals surface area (Å²) in [6, 6.07) is 9.80. The van der Waals surface area contributed by atoms with Gasteiger partial charge in [0, 0.05) is 40.5 Å². The second kappa shape index (κ2) is 30.8. The van der Waals surface area contributed by atoms with Crippen molar-refractivity contribution in [2.75, 3.05) is 40.6 Å². The number of carbonyl (C=O) groups is 4. The first-order chi connectivity index (χ1) is 20.2. The van der Waals surface area contributed by atoms with Crippen molar-refractivity contribution >= 4 is 54.4 Å². The Hall–Kier alpha value is -2.23. The summed E-state index contributed by atoms with van der Waals surface area (Å²) in [5, 5.41) is 1.54. The Bertz CT molecular complexity index is 828. The maximum absolute atomic E-state index is 10.4. The number of aryl methyl sites for hydroxylation is 1. The van der Waals surface area contributed by atoms with Crippen molar-refractivity contribution in [2.45, 2.75) is 92.5 Å². The van der Waals surface area contributed by atoms with Gasteiger partial charge in [0.05, 0.1) is 27.9 Å². The molecule has 0 heterocycles. The monoisotopic (exact) mass is 676 g/mol. The van der Waals surface area contributed by atoms with Gasteiger partial charge in [0.1, 0.15) is 19.2 Å². The molecule has 0 spiro atoms. The van der Waals surface area contributed by atoms with Gasteiger partial charge >= 0.3 is 11.9 Å². The summed E-state index contributed by atoms with van der Waals surface area (Å²) in [5.74, 6) is -0.432. The minimum atomic E-state index is -1.52. The highest BCUT2D eigenvalue weighted by Crippen LogP contribution is 2.09. The predicted octanol–water partition coefficient (Wildman–Crippen LogP) is 6.57. The number of esters is 2. The van der Waals surface area contributed by atoms with Crippen LogP contribution in [0.25, 0.3) is 0 Å². The van der Waals surface area contributed by atoms with Gasteiger partial charge in [0.2, 0.25) is 0 Å². The normalized spacial score (nSPS) is 10.1. The van der Waals surface area contributed by atoms with E-state index >= 15 is 0 Å². The lowest BCUT2D eigenvalue weighted by atomic mass is 10.2. The number of hydrogen-bond donors (Lipinski definition) is 0. The molecule has 0 radical (unpaired) electrons. The lowest BCUT2D eigenvalue weighted by molar-refractivity contribution is -0.143. The van der Waals surface area contributed by atoms with Crippen molar-refractivity contribution in [2.24, 2.45) is 0 Å². The van der Waals surface area contributed by atoms with E-state index in [2.05, 4.69) is 101 Å². The zero-order chi connectivity index (χ0) is 36.0. The van der Waals surface area contributed by atoms with Crippen molar-refractivity contribution in [1.29, 1.82) is 0 Å². The quantitative estimate of drug-likeness (QED) is 0.105. The second-order valence-corrected chi connectivity index (χ2v) is 26.0. The first-order valence-electron chi connectivity index (χ1n) is 14.5. The highest BCUT2D eigenvalue weighted by molar-refractivity contribution is 6.88. The minimum Gasteiger partial charge on any atom is -0.466 e. The average molecular weight is 677 g/mol. The lowest BCUT2D eigenvalue weighted by Gasteiger charge is -2.18. The van der Waals surface area contributed by atoms with Crippen LogP contribution in [0.4, 0.5) is 0 Å². The molecule has 0 aliphatic rings. The van der Waals surface area contributed by atoms with Gasteiger partial charge in [0.15, 0.2) is 16.6 Å². The van der Waals surface area contributed by atoms with Gasteiger partial charge in [-0.25, -0.2) is 0 Å². The molecule has 0 N–H and O–H groups in total. The zero-order valence-electron chi connectivity index (χ0n) is 30.3. The molecule has 258 valence electrons. The van der Waals surface area contributed by atoms with Crippen LogP contribution in [-0.4, -0.2) is 89.9 Å². The van der Waals surface area contributed by atoms with Crippen LogP contribution in [0, 0.1) is 6.92 Å². The fourth-order valence-electron chi connectivity index (χ4n) is 2.16. The number of carbonyl (C=O) groups excluding carboxylic acids is 4. The van der Waals surface area contributed by atoms with Gasteiger partial charge in [-0.2, -0.15) is 0 Å². The van der Waals surface area contributed by atoms with E-state index in [0.717, 1.165) is 6.04 Å². The number of benzene rings is 1. The molecule has 0 aliphatic carbocycles. The molecule has 1 aromatic rings. The molecule has 0 atom stereocenters. The molecule has 1 rings (SSSR count). The van der Waals surface area contributed by atoms with Gasteiger partial charge < -0.3 is 27.9 Å². The molecule has 0 amide bonds. The summed E-state index contributed by atoms with van der Waals surface area (Å²) in [6.07, 6.45) is 0.417. The summed E-state index contributed by atoms with van der Waals surface area (Å²) in [5.41, 5.74) is 1.35. The van der Waals surface area contributed by atoms with Crippen molar-refractivity contribution in [1.82, 2.24) is 0 Å². The zero-order valence-corrected chi connectivity index (χ0v) is 33.3. The molecule has 0 saturated carbocycles. The fraction of sp³-hybridized carbons (Fsp3) is 0.625. The Balaban J connectivity index is -0.000000151. The molecule has 44 heavy (non-hydrogen) atoms. The Morgan fingerprint density at radius 1 is 0.682 bits per heavy atom. The summed E-state index contributed by atoms with van der Waals surface area (Å²) in [4.78, 5) is 39.0. The van der Waals surface area contributed by atoms with E-state index in [1.165, 1.54) is 26.3 Å². The molecule has 0 unspecified atom stereocenters. The Kier molecular flexibility index (Phi) is 35.9. The molecule has 1 aromatic carbocycles. The van der Waals surface area contributed by atoms with Crippen LogP contribution in [0.1, 0.15) is 32.8 Å². The third kappa shape index (κ3) is 46.7. The van der Waals surface area contributed by atoms with Crippen molar-refractivity contribution in [3.63, 3.8) is 0 Å². The van der Waals surface area contributed by atoms with Gasteiger partial charge in [-0.1, -0.05) is 54.7 Å². The average Bonchev–Trinajstić information content (AvgIpc) is 2.93. The Labute approximate surface area is 272 Å². The van der Waals surface area contributed by atoms with E-state index in [4.69, 9.17) is 23.1 Å². The maximum atomic E-state index is 10.4. The summed E-state index contributed by atoms with van der Waals surface area (Å²) >= 11 is 0. The number of ketones is 1. The number of Topliss-reactive ketones (excluding diaryl/α,β-unsaturated/α-hetero) is 1. The van der Waals surface area contributed by atoms with Gasteiger partial charge in [-0.3, -0.25) is 14.4 Å². The molecular weight excluding hydrogens is 613 g/mol. The summed E-state index contributed by atoms with van der Waals surface area (Å²) in [7, 11) is -0.230. The number of ether oxygens (including phenoxy) is 3. The Morgan fingerprint density at radius 2 is 1.09 bits per heavy atom. The van der Waals surface area contributed by atoms with E-state index in [-0.39, 0.29) is 24.3 Å². The van der Waals surface area contributed by atoms with Crippen LogP contribution < -0.4 is 5.19 Å². The van der Waals surface area contributed by atoms with E-state index < -0.39 is 24.7 Å². The SMILES string of the molecule is C=C.C=O.CC(=O)CCOCCOC(C)=O.CO[Si](C)(C)C.CO[Si](C)(C)CCOC(C)=O.Cc1ccc([Si](C)(C)C)cc1. The molecule has 0 saturated heterocycles. The van der Waals surface area contributed by atoms with Crippen molar-refractivity contribution in [3.8, 4) is 0 Å². The maximum Gasteiger partial charge on any atom is 0.302 e. The molecular formula is C32H64O9Si3. The predicted molar refractivity (Wildman–Crippen MR) is 192 cm³/mol. The van der Waals surface area contributed by atoms with Crippen LogP contribution in [0.3, 0.4) is 0 Å². The molecule has 0 fully saturated rings. The molecule has 9 nitrogen and oxygen atoms in total. The first kappa shape index (κ1) is 51.4. The third-order valence-electron chi connectivity index (χ3n) is 5.22. The molecule has 12 heteroatoms. The second-order valence-electron chi connectivity index (χ2n) is 11.9. The Morgan fingerprint density at radius 3 is 1.41 bits per heavy atom. The van der Waals surface area contributed by atoms with Crippen LogP contribution in [-0.2, 0) is 42.2 Å². The van der Waals surface area contributed by atoms with Crippen LogP contribution >= 0.6 is 0 Å². The lowest BCUT2D eigenvalue weighted by Crippen LogP contribution is -2.37. The van der Waals surface area contributed by atoms with Crippen LogP contribution in [0.5, 0.6) is 0 Å². The summed E-state index contributed by atoms with van der Waals surface area (Å²) in [6.45, 7) is 33.7. The summed E-state index contributed by atoms with van der Waals surface area (Å²) < 4.78 is 24.7. The highest BCUT2D eigenvalue weighted by atomic mass is 28.4. The minimum absolute atomic E-state index is 0.0995. The van der Waals surface area contributed by atoms with Crippen LogP contribution in [0.15, 0.2) is 37.4 Å². The largest absolute Gasteiger partial charge is 0.466 e. The fourth-order valence-corrected chi connectivity index (χ4v) is 4.12. The van der Waals surface area contributed by atoms with Gasteiger partial charge in [0.25, 0.3) is 0 Å². The van der Waals surface area contributed by atoms with E-state index in [1.54, 1.807) is 19.4 Å². The number of hydrogen-bond acceptors (Lipinski definition) is 9. The van der Waals surface area contributed by atoms with Crippen molar-refractivity contribution < 1.29 is 42.2 Å². The van der Waals surface area contributed by atoms with Gasteiger partial charge in [-0.05, 0) is 46.6 Å². The first-order valence-corrected chi connectivity index (χ1v) is 24.5.